The normalized spacial score (nSPS) is 11.2. The number of fused-ring (bicyclic) bond motifs is 1. The fourth-order valence-corrected chi connectivity index (χ4v) is 5.24. The third-order valence-electron chi connectivity index (χ3n) is 7.58. The predicted molar refractivity (Wildman–Crippen MR) is 171 cm³/mol. The number of hydrogen-bond donors (Lipinski definition) is 2. The Kier molecular flexibility index (Phi) is 13.1. The second-order valence-corrected chi connectivity index (χ2v) is 11.3. The molecule has 0 heterocycles. The van der Waals surface area contributed by atoms with Gasteiger partial charge in [0.1, 0.15) is 0 Å². The molecule has 0 radical (unpaired) electrons. The van der Waals surface area contributed by atoms with E-state index in [0.29, 0.717) is 17.9 Å². The predicted octanol–water partition coefficient (Wildman–Crippen LogP) is 6.71. The van der Waals surface area contributed by atoms with Gasteiger partial charge in [-0.2, -0.15) is 0 Å². The summed E-state index contributed by atoms with van der Waals surface area (Å²) >= 11 is 0. The first kappa shape index (κ1) is 33.2. The van der Waals surface area contributed by atoms with E-state index in [-0.39, 0.29) is 12.2 Å². The van der Waals surface area contributed by atoms with E-state index in [1.54, 1.807) is 0 Å². The van der Waals surface area contributed by atoms with Crippen molar-refractivity contribution in [2.75, 3.05) is 7.11 Å². The molecule has 2 N–H and O–H groups in total. The molecule has 0 bridgehead atoms. The number of benzene rings is 3. The summed E-state index contributed by atoms with van der Waals surface area (Å²) in [4.78, 5) is 47.2. The van der Waals surface area contributed by atoms with Gasteiger partial charge in [0.15, 0.2) is 5.78 Å². The van der Waals surface area contributed by atoms with Crippen LogP contribution in [0.1, 0.15) is 97.8 Å². The molecule has 0 aliphatic carbocycles. The van der Waals surface area contributed by atoms with Crippen molar-refractivity contribution >= 4 is 34.3 Å². The number of Topliss-reactive ketones (excluding diaryl/α,β-unsaturated/α-hetero) is 1. The number of ketones is 1. The number of aryl methyl sites for hydroxylation is 3. The Balaban J connectivity index is 1.40. The molecular formula is C36H44N2O5. The second kappa shape index (κ2) is 17.0. The highest BCUT2D eigenvalue weighted by Crippen LogP contribution is 2.28. The monoisotopic (exact) mass is 584 g/mol. The Hall–Kier alpha value is -4.26. The number of hydrazine groups is 1. The molecular weight excluding hydrogens is 540 g/mol. The van der Waals surface area contributed by atoms with Gasteiger partial charge in [0.05, 0.1) is 7.11 Å². The van der Waals surface area contributed by atoms with Gasteiger partial charge in [-0.3, -0.25) is 25.2 Å². The van der Waals surface area contributed by atoms with Gasteiger partial charge in [0.25, 0.3) is 5.91 Å². The van der Waals surface area contributed by atoms with Crippen LogP contribution in [-0.2, 0) is 38.4 Å². The first-order valence-corrected chi connectivity index (χ1v) is 15.2. The van der Waals surface area contributed by atoms with Crippen molar-refractivity contribution < 1.29 is 23.9 Å². The van der Waals surface area contributed by atoms with Crippen LogP contribution in [0.5, 0.6) is 0 Å². The maximum absolute atomic E-state index is 12.3. The molecule has 2 amide bonds. The van der Waals surface area contributed by atoms with Crippen LogP contribution in [0.15, 0.2) is 66.7 Å². The minimum atomic E-state index is -0.672. The Morgan fingerprint density at radius 2 is 1.49 bits per heavy atom. The van der Waals surface area contributed by atoms with Gasteiger partial charge in [-0.1, -0.05) is 81.6 Å². The van der Waals surface area contributed by atoms with Crippen molar-refractivity contribution in [1.29, 1.82) is 0 Å². The average molecular weight is 585 g/mol. The molecule has 43 heavy (non-hydrogen) atoms. The number of ether oxygens (including phenoxy) is 1. The molecule has 3 aromatic carbocycles. The number of esters is 1. The number of methoxy groups -OCH3 is 1. The van der Waals surface area contributed by atoms with E-state index in [1.807, 2.05) is 18.2 Å². The zero-order valence-electron chi connectivity index (χ0n) is 25.8. The number of carbonyl (C=O) groups excluding carboxylic acids is 4. The van der Waals surface area contributed by atoms with Crippen molar-refractivity contribution in [1.82, 2.24) is 10.9 Å². The van der Waals surface area contributed by atoms with Crippen LogP contribution in [0.3, 0.4) is 0 Å². The molecule has 0 spiro atoms. The molecule has 0 saturated heterocycles. The van der Waals surface area contributed by atoms with Crippen LogP contribution >= 0.6 is 0 Å². The molecule has 7 nitrogen and oxygen atoms in total. The third-order valence-corrected chi connectivity index (χ3v) is 7.58. The fourth-order valence-electron chi connectivity index (χ4n) is 5.24. The van der Waals surface area contributed by atoms with Crippen LogP contribution in [-0.4, -0.2) is 30.7 Å². The summed E-state index contributed by atoms with van der Waals surface area (Å²) in [5.74, 6) is -1.26. The highest BCUT2D eigenvalue weighted by molar-refractivity contribution is 5.96. The summed E-state index contributed by atoms with van der Waals surface area (Å²) in [6.45, 7) is 6.06. The van der Waals surface area contributed by atoms with Gasteiger partial charge in [0, 0.05) is 24.1 Å². The largest absolute Gasteiger partial charge is 0.466 e. The first-order chi connectivity index (χ1) is 20.7. The lowest BCUT2D eigenvalue weighted by Gasteiger charge is -2.13. The Labute approximate surface area is 255 Å². The van der Waals surface area contributed by atoms with Gasteiger partial charge in [-0.15, -0.1) is 0 Å². The molecule has 0 fully saturated rings. The molecule has 0 saturated carbocycles. The lowest BCUT2D eigenvalue weighted by Crippen LogP contribution is -2.41. The Morgan fingerprint density at radius 1 is 0.791 bits per heavy atom. The van der Waals surface area contributed by atoms with Crippen molar-refractivity contribution in [3.63, 3.8) is 0 Å². The molecule has 0 aliphatic heterocycles. The van der Waals surface area contributed by atoms with Crippen LogP contribution in [0.2, 0.25) is 0 Å². The molecule has 7 heteroatoms. The lowest BCUT2D eigenvalue weighted by molar-refractivity contribution is -0.135. The number of hydrogen-bond acceptors (Lipinski definition) is 5. The summed E-state index contributed by atoms with van der Waals surface area (Å²) in [5.41, 5.74) is 9.92. The topological polar surface area (TPSA) is 102 Å². The number of nitrogens with one attached hydrogen (secondary N) is 2. The van der Waals surface area contributed by atoms with E-state index in [9.17, 15) is 19.2 Å². The van der Waals surface area contributed by atoms with E-state index in [0.717, 1.165) is 49.0 Å². The summed E-state index contributed by atoms with van der Waals surface area (Å²) < 4.78 is 4.41. The quantitative estimate of drug-likeness (QED) is 0.0680. The highest BCUT2D eigenvalue weighted by Gasteiger charge is 2.12. The number of amides is 2. The van der Waals surface area contributed by atoms with Crippen molar-refractivity contribution in [2.45, 2.75) is 84.5 Å². The zero-order chi connectivity index (χ0) is 31.2. The van der Waals surface area contributed by atoms with Crippen molar-refractivity contribution in [3.05, 3.63) is 94.6 Å². The highest BCUT2D eigenvalue weighted by atomic mass is 16.5. The van der Waals surface area contributed by atoms with E-state index >= 15 is 0 Å². The lowest BCUT2D eigenvalue weighted by atomic mass is 9.92. The maximum Gasteiger partial charge on any atom is 0.330 e. The van der Waals surface area contributed by atoms with Gasteiger partial charge >= 0.3 is 5.97 Å². The molecule has 3 aromatic rings. The molecule has 0 unspecified atom stereocenters. The minimum Gasteiger partial charge on any atom is -0.466 e. The number of unbranched alkanes of at least 4 members (excludes halogenated alkanes) is 4. The Bertz CT molecular complexity index is 1460. The van der Waals surface area contributed by atoms with Gasteiger partial charge < -0.3 is 4.74 Å². The van der Waals surface area contributed by atoms with E-state index in [1.165, 1.54) is 55.2 Å². The van der Waals surface area contributed by atoms with E-state index in [2.05, 4.69) is 65.8 Å². The van der Waals surface area contributed by atoms with Gasteiger partial charge in [-0.05, 0) is 84.0 Å². The third kappa shape index (κ3) is 10.8. The standard InChI is InChI=1S/C36H44N2O5/c1-25(2)32-24-28(22-30-14-10-11-15-31(30)32)13-9-7-5-6-8-12-27-16-17-29(33(23-27)26(3)39)18-19-34(40)37-38-35(41)20-21-36(42)43-4/h10-11,14-17,20-25H,5-9,12-13,18-19H2,1-4H3,(H,37,40)(H,38,41)/b21-20+. The Morgan fingerprint density at radius 3 is 2.19 bits per heavy atom. The molecule has 228 valence electrons. The second-order valence-electron chi connectivity index (χ2n) is 11.3. The van der Waals surface area contributed by atoms with Crippen LogP contribution in [0.4, 0.5) is 0 Å². The minimum absolute atomic E-state index is 0.0344. The summed E-state index contributed by atoms with van der Waals surface area (Å²) in [5, 5.41) is 2.69. The smallest absolute Gasteiger partial charge is 0.330 e. The first-order valence-electron chi connectivity index (χ1n) is 15.2. The van der Waals surface area contributed by atoms with E-state index in [4.69, 9.17) is 0 Å². The van der Waals surface area contributed by atoms with Crippen LogP contribution < -0.4 is 10.9 Å². The van der Waals surface area contributed by atoms with E-state index < -0.39 is 17.8 Å². The van der Waals surface area contributed by atoms with Crippen molar-refractivity contribution in [3.8, 4) is 0 Å². The average Bonchev–Trinajstić information content (AvgIpc) is 3.00. The number of carbonyl (C=O) groups is 4. The van der Waals surface area contributed by atoms with Crippen LogP contribution in [0, 0.1) is 0 Å². The van der Waals surface area contributed by atoms with Crippen LogP contribution in [0.25, 0.3) is 10.8 Å². The molecule has 0 atom stereocenters. The summed E-state index contributed by atoms with van der Waals surface area (Å²) in [6, 6.07) is 19.3. The van der Waals surface area contributed by atoms with Crippen molar-refractivity contribution in [2.24, 2.45) is 0 Å². The number of rotatable bonds is 15. The SMILES string of the molecule is COC(=O)/C=C/C(=O)NNC(=O)CCc1ccc(CCCCCCCc2cc(C(C)C)c3ccccc3c2)cc1C(C)=O. The van der Waals surface area contributed by atoms with Gasteiger partial charge in [0.2, 0.25) is 5.91 Å². The fraction of sp³-hybridized carbons (Fsp3) is 0.389. The zero-order valence-corrected chi connectivity index (χ0v) is 25.8. The maximum atomic E-state index is 12.3. The summed E-state index contributed by atoms with van der Waals surface area (Å²) in [6.07, 6.45) is 10.2. The molecule has 0 aromatic heterocycles. The molecule has 3 rings (SSSR count). The van der Waals surface area contributed by atoms with Gasteiger partial charge in [-0.25, -0.2) is 4.79 Å². The summed E-state index contributed by atoms with van der Waals surface area (Å²) in [7, 11) is 1.20. The molecule has 0 aliphatic rings.